The molecular weight excluding hydrogens is 408 g/mol. The maximum Gasteiger partial charge on any atom is 0.326 e. The van der Waals surface area contributed by atoms with Crippen LogP contribution in [0.4, 0.5) is 0 Å². The summed E-state index contributed by atoms with van der Waals surface area (Å²) in [5.74, 6) is -4.09. The lowest BCUT2D eigenvalue weighted by Gasteiger charge is -2.26. The maximum atomic E-state index is 12.7. The third-order valence-electron chi connectivity index (χ3n) is 4.49. The van der Waals surface area contributed by atoms with Gasteiger partial charge in [0.1, 0.15) is 24.2 Å². The second kappa shape index (κ2) is 12.6. The number of aliphatic hydroxyl groups is 2. The molecule has 0 saturated heterocycles. The summed E-state index contributed by atoms with van der Waals surface area (Å²) in [5, 5.41) is 34.8. The summed E-state index contributed by atoms with van der Waals surface area (Å²) < 4.78 is 0. The molecule has 4 unspecified atom stereocenters. The van der Waals surface area contributed by atoms with Gasteiger partial charge in [0.25, 0.3) is 0 Å². The average molecular weight is 438 g/mol. The molecule has 31 heavy (non-hydrogen) atoms. The van der Waals surface area contributed by atoms with Gasteiger partial charge in [-0.3, -0.25) is 14.4 Å². The molecule has 0 aliphatic rings. The first-order valence-electron chi connectivity index (χ1n) is 9.75. The molecule has 8 N–H and O–H groups in total. The highest BCUT2D eigenvalue weighted by molar-refractivity contribution is 5.94. The summed E-state index contributed by atoms with van der Waals surface area (Å²) in [5.41, 5.74) is 6.08. The standard InChI is InChI=1S/C20H30N4O7/c1-11(2)16(24-18(28)15(10-26)23-17(27)13(21)9-25)19(29)22-14(20(30)31)8-12-6-4-3-5-7-12/h3-7,11,13-16,25-26H,8-10,21H2,1-2H3,(H,22,29)(H,23,27)(H,24,28)(H,30,31). The minimum atomic E-state index is -1.40. The lowest BCUT2D eigenvalue weighted by molar-refractivity contribution is -0.142. The number of aliphatic carboxylic acids is 1. The van der Waals surface area contributed by atoms with Gasteiger partial charge in [-0.2, -0.15) is 0 Å². The van der Waals surface area contributed by atoms with Gasteiger partial charge in [0.2, 0.25) is 17.7 Å². The van der Waals surface area contributed by atoms with Gasteiger partial charge in [-0.1, -0.05) is 44.2 Å². The summed E-state index contributed by atoms with van der Waals surface area (Å²) in [6.07, 6.45) is 0.0506. The van der Waals surface area contributed by atoms with E-state index in [1.165, 1.54) is 0 Å². The highest BCUT2D eigenvalue weighted by atomic mass is 16.4. The molecule has 0 aromatic heterocycles. The number of carboxylic acid groups (broad SMARTS) is 1. The Bertz CT molecular complexity index is 757. The Morgan fingerprint density at radius 2 is 1.45 bits per heavy atom. The molecule has 3 amide bonds. The molecule has 11 nitrogen and oxygen atoms in total. The van der Waals surface area contributed by atoms with Gasteiger partial charge in [0.15, 0.2) is 0 Å². The van der Waals surface area contributed by atoms with Crippen molar-refractivity contribution in [2.45, 2.75) is 44.4 Å². The minimum absolute atomic E-state index is 0.0506. The highest BCUT2D eigenvalue weighted by Crippen LogP contribution is 2.07. The summed E-state index contributed by atoms with van der Waals surface area (Å²) in [6.45, 7) is 1.87. The Balaban J connectivity index is 2.86. The van der Waals surface area contributed by atoms with Crippen molar-refractivity contribution >= 4 is 23.7 Å². The van der Waals surface area contributed by atoms with Crippen LogP contribution in [-0.4, -0.2) is 76.4 Å². The van der Waals surface area contributed by atoms with Crippen LogP contribution >= 0.6 is 0 Å². The largest absolute Gasteiger partial charge is 0.480 e. The van der Waals surface area contributed by atoms with Crippen LogP contribution in [0.3, 0.4) is 0 Å². The fourth-order valence-corrected chi connectivity index (χ4v) is 2.66. The Morgan fingerprint density at radius 3 is 1.94 bits per heavy atom. The van der Waals surface area contributed by atoms with Gasteiger partial charge in [-0.05, 0) is 11.5 Å². The molecule has 1 aromatic rings. The van der Waals surface area contributed by atoms with Crippen molar-refractivity contribution in [3.63, 3.8) is 0 Å². The molecule has 0 aliphatic heterocycles. The van der Waals surface area contributed by atoms with Crippen molar-refractivity contribution in [2.75, 3.05) is 13.2 Å². The van der Waals surface area contributed by atoms with Crippen LogP contribution in [-0.2, 0) is 25.6 Å². The Hall–Kier alpha value is -3.02. The molecule has 11 heteroatoms. The van der Waals surface area contributed by atoms with Crippen LogP contribution in [0.15, 0.2) is 30.3 Å². The maximum absolute atomic E-state index is 12.7. The number of hydrogen-bond donors (Lipinski definition) is 7. The predicted molar refractivity (Wildman–Crippen MR) is 111 cm³/mol. The number of nitrogens with one attached hydrogen (secondary N) is 3. The topological polar surface area (TPSA) is 191 Å². The third kappa shape index (κ3) is 8.32. The van der Waals surface area contributed by atoms with E-state index < -0.39 is 67.0 Å². The van der Waals surface area contributed by atoms with Crippen molar-refractivity contribution in [2.24, 2.45) is 11.7 Å². The van der Waals surface area contributed by atoms with E-state index in [0.717, 1.165) is 0 Å². The van der Waals surface area contributed by atoms with Crippen LogP contribution < -0.4 is 21.7 Å². The van der Waals surface area contributed by atoms with Gasteiger partial charge in [-0.25, -0.2) is 4.79 Å². The zero-order valence-corrected chi connectivity index (χ0v) is 17.4. The number of benzene rings is 1. The first-order chi connectivity index (χ1) is 14.6. The molecular formula is C20H30N4O7. The average Bonchev–Trinajstić information content (AvgIpc) is 2.74. The minimum Gasteiger partial charge on any atom is -0.480 e. The molecule has 1 aromatic carbocycles. The SMILES string of the molecule is CC(C)C(NC(=O)C(CO)NC(=O)C(N)CO)C(=O)NC(Cc1ccccc1)C(=O)O. The van der Waals surface area contributed by atoms with Gasteiger partial charge >= 0.3 is 5.97 Å². The quantitative estimate of drug-likeness (QED) is 0.190. The number of carboxylic acids is 1. The zero-order chi connectivity index (χ0) is 23.6. The van der Waals surface area contributed by atoms with E-state index in [1.54, 1.807) is 44.2 Å². The predicted octanol–water partition coefficient (Wildman–Crippen LogP) is -2.26. The Morgan fingerprint density at radius 1 is 0.871 bits per heavy atom. The molecule has 0 saturated carbocycles. The number of amides is 3. The van der Waals surface area contributed by atoms with Gasteiger partial charge in [-0.15, -0.1) is 0 Å². The van der Waals surface area contributed by atoms with Crippen LogP contribution in [0.1, 0.15) is 19.4 Å². The van der Waals surface area contributed by atoms with Crippen molar-refractivity contribution in [3.8, 4) is 0 Å². The number of aliphatic hydroxyl groups excluding tert-OH is 2. The summed E-state index contributed by atoms with van der Waals surface area (Å²) in [7, 11) is 0. The van der Waals surface area contributed by atoms with E-state index in [-0.39, 0.29) is 6.42 Å². The normalized spacial score (nSPS) is 14.8. The molecule has 172 valence electrons. The third-order valence-corrected chi connectivity index (χ3v) is 4.49. The molecule has 0 aliphatic carbocycles. The van der Waals surface area contributed by atoms with Crippen LogP contribution in [0.5, 0.6) is 0 Å². The summed E-state index contributed by atoms with van der Waals surface area (Å²) in [4.78, 5) is 48.6. The lowest BCUT2D eigenvalue weighted by Crippen LogP contribution is -2.59. The zero-order valence-electron chi connectivity index (χ0n) is 17.4. The van der Waals surface area contributed by atoms with E-state index in [4.69, 9.17) is 10.8 Å². The second-order valence-corrected chi connectivity index (χ2v) is 7.35. The van der Waals surface area contributed by atoms with E-state index in [0.29, 0.717) is 5.56 Å². The van der Waals surface area contributed by atoms with Crippen LogP contribution in [0, 0.1) is 5.92 Å². The summed E-state index contributed by atoms with van der Waals surface area (Å²) >= 11 is 0. The van der Waals surface area contributed by atoms with Crippen molar-refractivity contribution < 1.29 is 34.5 Å². The van der Waals surface area contributed by atoms with Crippen molar-refractivity contribution in [3.05, 3.63) is 35.9 Å². The van der Waals surface area contributed by atoms with Gasteiger partial charge in [0, 0.05) is 6.42 Å². The van der Waals surface area contributed by atoms with Crippen molar-refractivity contribution in [1.29, 1.82) is 0 Å². The Kier molecular flexibility index (Phi) is 10.6. The van der Waals surface area contributed by atoms with E-state index in [9.17, 15) is 29.4 Å². The number of carbonyl (C=O) groups is 4. The fourth-order valence-electron chi connectivity index (χ4n) is 2.66. The number of nitrogens with two attached hydrogens (primary N) is 1. The number of hydrogen-bond acceptors (Lipinski definition) is 7. The fraction of sp³-hybridized carbons (Fsp3) is 0.500. The number of carbonyl (C=O) groups excluding carboxylic acids is 3. The molecule has 0 fully saturated rings. The molecule has 0 heterocycles. The van der Waals surface area contributed by atoms with Crippen molar-refractivity contribution in [1.82, 2.24) is 16.0 Å². The second-order valence-electron chi connectivity index (χ2n) is 7.35. The van der Waals surface area contributed by atoms with Crippen LogP contribution in [0.2, 0.25) is 0 Å². The first kappa shape index (κ1) is 26.0. The van der Waals surface area contributed by atoms with Gasteiger partial charge < -0.3 is 37.0 Å². The van der Waals surface area contributed by atoms with E-state index in [2.05, 4.69) is 16.0 Å². The van der Waals surface area contributed by atoms with Crippen LogP contribution in [0.25, 0.3) is 0 Å². The molecule has 0 radical (unpaired) electrons. The van der Waals surface area contributed by atoms with E-state index in [1.807, 2.05) is 0 Å². The molecule has 4 atom stereocenters. The molecule has 1 rings (SSSR count). The lowest BCUT2D eigenvalue weighted by atomic mass is 10.0. The summed E-state index contributed by atoms with van der Waals surface area (Å²) in [6, 6.07) is 3.72. The highest BCUT2D eigenvalue weighted by Gasteiger charge is 2.31. The smallest absolute Gasteiger partial charge is 0.326 e. The first-order valence-corrected chi connectivity index (χ1v) is 9.75. The molecule has 0 spiro atoms. The van der Waals surface area contributed by atoms with Gasteiger partial charge in [0.05, 0.1) is 13.2 Å². The molecule has 0 bridgehead atoms. The monoisotopic (exact) mass is 438 g/mol. The Labute approximate surface area is 180 Å². The number of rotatable bonds is 12. The van der Waals surface area contributed by atoms with E-state index >= 15 is 0 Å².